The van der Waals surface area contributed by atoms with Crippen molar-refractivity contribution in [1.29, 1.82) is 0 Å². The number of nitro benzene ring substituents is 1. The maximum atomic E-state index is 12.4. The molecule has 0 aliphatic carbocycles. The summed E-state index contributed by atoms with van der Waals surface area (Å²) in [6, 6.07) is 2.35. The van der Waals surface area contributed by atoms with Crippen molar-refractivity contribution in [2.75, 3.05) is 6.54 Å². The molecule has 2 rings (SSSR count). The first-order valence-corrected chi connectivity index (χ1v) is 6.43. The van der Waals surface area contributed by atoms with E-state index < -0.39 is 34.3 Å². The minimum absolute atomic E-state index is 0.00681. The third kappa shape index (κ3) is 2.93. The van der Waals surface area contributed by atoms with Gasteiger partial charge in [-0.05, 0) is 31.4 Å². The summed E-state index contributed by atoms with van der Waals surface area (Å²) in [5, 5.41) is 29.3. The Morgan fingerprint density at radius 2 is 2.05 bits per heavy atom. The topological polar surface area (TPSA) is 121 Å². The zero-order chi connectivity index (χ0) is 15.6. The number of piperidine rings is 1. The van der Waals surface area contributed by atoms with Crippen LogP contribution in [-0.2, 0) is 4.79 Å². The molecule has 1 heterocycles. The van der Waals surface area contributed by atoms with Gasteiger partial charge in [-0.2, -0.15) is 0 Å². The molecule has 0 spiro atoms. The molecule has 1 atom stereocenters. The molecule has 1 fully saturated rings. The standard InChI is InChI=1S/C13H14N2O6/c16-11-5-4-8(7-10(11)15(20)21)12(17)14-6-2-1-3-9(14)13(18)19/h4-5,7,9,16H,1-3,6H2,(H,18,19). The van der Waals surface area contributed by atoms with Crippen molar-refractivity contribution in [3.63, 3.8) is 0 Å². The monoisotopic (exact) mass is 294 g/mol. The Hall–Kier alpha value is -2.64. The van der Waals surface area contributed by atoms with Crippen LogP contribution in [0.5, 0.6) is 5.75 Å². The number of hydrogen-bond acceptors (Lipinski definition) is 5. The van der Waals surface area contributed by atoms with E-state index >= 15 is 0 Å². The van der Waals surface area contributed by atoms with E-state index in [1.165, 1.54) is 11.0 Å². The summed E-state index contributed by atoms with van der Waals surface area (Å²) >= 11 is 0. The van der Waals surface area contributed by atoms with Gasteiger partial charge in [0.15, 0.2) is 5.75 Å². The first-order valence-electron chi connectivity index (χ1n) is 6.43. The number of nitrogens with zero attached hydrogens (tertiary/aromatic N) is 2. The molecule has 2 N–H and O–H groups in total. The van der Waals surface area contributed by atoms with Crippen molar-refractivity contribution in [2.45, 2.75) is 25.3 Å². The molecule has 1 aromatic carbocycles. The van der Waals surface area contributed by atoms with Crippen LogP contribution in [0.25, 0.3) is 0 Å². The normalized spacial score (nSPS) is 18.3. The highest BCUT2D eigenvalue weighted by Gasteiger charge is 2.33. The van der Waals surface area contributed by atoms with E-state index in [2.05, 4.69) is 0 Å². The summed E-state index contributed by atoms with van der Waals surface area (Å²) in [5.74, 6) is -2.20. The minimum Gasteiger partial charge on any atom is -0.502 e. The molecule has 21 heavy (non-hydrogen) atoms. The molecule has 1 saturated heterocycles. The van der Waals surface area contributed by atoms with Gasteiger partial charge < -0.3 is 15.1 Å². The molecule has 0 saturated carbocycles. The number of hydrogen-bond donors (Lipinski definition) is 2. The second-order valence-corrected chi connectivity index (χ2v) is 4.81. The quantitative estimate of drug-likeness (QED) is 0.641. The van der Waals surface area contributed by atoms with E-state index in [1.54, 1.807) is 0 Å². The number of amides is 1. The van der Waals surface area contributed by atoms with Crippen LogP contribution in [-0.4, -0.2) is 44.5 Å². The summed E-state index contributed by atoms with van der Waals surface area (Å²) in [7, 11) is 0. The van der Waals surface area contributed by atoms with Gasteiger partial charge in [0, 0.05) is 18.2 Å². The zero-order valence-corrected chi connectivity index (χ0v) is 11.1. The maximum absolute atomic E-state index is 12.4. The predicted molar refractivity (Wildman–Crippen MR) is 71.1 cm³/mol. The smallest absolute Gasteiger partial charge is 0.326 e. The molecular weight excluding hydrogens is 280 g/mol. The van der Waals surface area contributed by atoms with Crippen LogP contribution in [0.2, 0.25) is 0 Å². The number of carboxylic acids is 1. The van der Waals surface area contributed by atoms with Crippen molar-refractivity contribution in [2.24, 2.45) is 0 Å². The molecule has 0 radical (unpaired) electrons. The fourth-order valence-electron chi connectivity index (χ4n) is 2.40. The minimum atomic E-state index is -1.09. The van der Waals surface area contributed by atoms with Crippen molar-refractivity contribution in [1.82, 2.24) is 4.90 Å². The van der Waals surface area contributed by atoms with Crippen molar-refractivity contribution >= 4 is 17.6 Å². The highest BCUT2D eigenvalue weighted by Crippen LogP contribution is 2.28. The number of aliphatic carboxylic acids is 1. The van der Waals surface area contributed by atoms with E-state index in [0.717, 1.165) is 18.6 Å². The fraction of sp³-hybridized carbons (Fsp3) is 0.385. The van der Waals surface area contributed by atoms with Crippen LogP contribution < -0.4 is 0 Å². The van der Waals surface area contributed by atoms with Gasteiger partial charge in [-0.25, -0.2) is 4.79 Å². The Morgan fingerprint density at radius 3 is 2.67 bits per heavy atom. The highest BCUT2D eigenvalue weighted by atomic mass is 16.6. The first-order chi connectivity index (χ1) is 9.91. The van der Waals surface area contributed by atoms with Crippen molar-refractivity contribution < 1.29 is 24.7 Å². The molecule has 0 aromatic heterocycles. The largest absolute Gasteiger partial charge is 0.502 e. The number of phenols is 1. The number of benzene rings is 1. The Balaban J connectivity index is 2.32. The molecular formula is C13H14N2O6. The number of aromatic hydroxyl groups is 1. The van der Waals surface area contributed by atoms with Crippen LogP contribution in [0, 0.1) is 10.1 Å². The van der Waals surface area contributed by atoms with E-state index in [-0.39, 0.29) is 5.56 Å². The number of rotatable bonds is 3. The number of phenolic OH excluding ortho intramolecular Hbond substituents is 1. The molecule has 0 bridgehead atoms. The number of carboxylic acid groups (broad SMARTS) is 1. The Kier molecular flexibility index (Phi) is 4.06. The van der Waals surface area contributed by atoms with Crippen LogP contribution in [0.1, 0.15) is 29.6 Å². The maximum Gasteiger partial charge on any atom is 0.326 e. The van der Waals surface area contributed by atoms with E-state index in [1.807, 2.05) is 0 Å². The number of carbonyl (C=O) groups excluding carboxylic acids is 1. The third-order valence-corrected chi connectivity index (χ3v) is 3.47. The van der Waals surface area contributed by atoms with Gasteiger partial charge in [0.05, 0.1) is 4.92 Å². The predicted octanol–water partition coefficient (Wildman–Crippen LogP) is 1.38. The van der Waals surface area contributed by atoms with Gasteiger partial charge in [-0.15, -0.1) is 0 Å². The highest BCUT2D eigenvalue weighted by molar-refractivity contribution is 5.97. The van der Waals surface area contributed by atoms with E-state index in [9.17, 15) is 24.8 Å². The fourth-order valence-corrected chi connectivity index (χ4v) is 2.40. The summed E-state index contributed by atoms with van der Waals surface area (Å²) < 4.78 is 0. The van der Waals surface area contributed by atoms with E-state index in [0.29, 0.717) is 19.4 Å². The average molecular weight is 294 g/mol. The van der Waals surface area contributed by atoms with Crippen molar-refractivity contribution in [3.8, 4) is 5.75 Å². The summed E-state index contributed by atoms with van der Waals surface area (Å²) in [6.07, 6.45) is 1.77. The van der Waals surface area contributed by atoms with Crippen LogP contribution >= 0.6 is 0 Å². The summed E-state index contributed by atoms with van der Waals surface area (Å²) in [4.78, 5) is 34.7. The summed E-state index contributed by atoms with van der Waals surface area (Å²) in [6.45, 7) is 0.296. The number of likely N-dealkylation sites (tertiary alicyclic amines) is 1. The lowest BCUT2D eigenvalue weighted by molar-refractivity contribution is -0.385. The summed E-state index contributed by atoms with van der Waals surface area (Å²) in [5.41, 5.74) is -0.586. The molecule has 1 aliphatic heterocycles. The third-order valence-electron chi connectivity index (χ3n) is 3.47. The second kappa shape index (κ2) is 5.78. The second-order valence-electron chi connectivity index (χ2n) is 4.81. The van der Waals surface area contributed by atoms with Crippen LogP contribution in [0.4, 0.5) is 5.69 Å². The van der Waals surface area contributed by atoms with E-state index in [4.69, 9.17) is 5.11 Å². The average Bonchev–Trinajstić information content (AvgIpc) is 2.46. The van der Waals surface area contributed by atoms with Crippen LogP contribution in [0.15, 0.2) is 18.2 Å². The Bertz CT molecular complexity index is 600. The zero-order valence-electron chi connectivity index (χ0n) is 11.1. The lowest BCUT2D eigenvalue weighted by Crippen LogP contribution is -2.47. The molecule has 8 nitrogen and oxygen atoms in total. The van der Waals surface area contributed by atoms with Gasteiger partial charge in [-0.3, -0.25) is 14.9 Å². The molecule has 112 valence electrons. The molecule has 1 unspecified atom stereocenters. The van der Waals surface area contributed by atoms with Crippen molar-refractivity contribution in [3.05, 3.63) is 33.9 Å². The molecule has 1 aromatic rings. The molecule has 8 heteroatoms. The molecule has 1 aliphatic rings. The van der Waals surface area contributed by atoms with Gasteiger partial charge in [0.1, 0.15) is 6.04 Å². The van der Waals surface area contributed by atoms with Gasteiger partial charge >= 0.3 is 11.7 Å². The Morgan fingerprint density at radius 1 is 1.33 bits per heavy atom. The van der Waals surface area contributed by atoms with Gasteiger partial charge in [0.25, 0.3) is 5.91 Å². The Labute approximate surface area is 119 Å². The van der Waals surface area contributed by atoms with Crippen LogP contribution in [0.3, 0.4) is 0 Å². The first kappa shape index (κ1) is 14.8. The van der Waals surface area contributed by atoms with Gasteiger partial charge in [-0.1, -0.05) is 0 Å². The number of nitro groups is 1. The lowest BCUT2D eigenvalue weighted by Gasteiger charge is -2.32. The van der Waals surface area contributed by atoms with Gasteiger partial charge in [0.2, 0.25) is 0 Å². The molecule has 1 amide bonds. The number of carbonyl (C=O) groups is 2. The SMILES string of the molecule is O=C(O)C1CCCCN1C(=O)c1ccc(O)c([N+](=O)[O-])c1. The lowest BCUT2D eigenvalue weighted by atomic mass is 10.0.